The van der Waals surface area contributed by atoms with E-state index in [4.69, 9.17) is 0 Å². The van der Waals surface area contributed by atoms with E-state index in [0.29, 0.717) is 19.0 Å². The van der Waals surface area contributed by atoms with E-state index >= 15 is 0 Å². The molecule has 1 fully saturated rings. The van der Waals surface area contributed by atoms with E-state index < -0.39 is 0 Å². The minimum atomic E-state index is -0.242. The van der Waals surface area contributed by atoms with Gasteiger partial charge in [-0.05, 0) is 30.7 Å². The summed E-state index contributed by atoms with van der Waals surface area (Å²) in [5, 5.41) is 12.8. The molecule has 1 aliphatic rings. The molecular formula is C18H28N2O2. The second-order valence-corrected chi connectivity index (χ2v) is 6.47. The van der Waals surface area contributed by atoms with Gasteiger partial charge in [0.2, 0.25) is 0 Å². The lowest BCUT2D eigenvalue weighted by molar-refractivity contribution is 0.114. The van der Waals surface area contributed by atoms with Crippen LogP contribution in [0.4, 0.5) is 4.79 Å². The maximum atomic E-state index is 12.1. The van der Waals surface area contributed by atoms with Gasteiger partial charge in [0.25, 0.3) is 0 Å². The molecule has 0 heterocycles. The SMILES string of the molecule is C[C@H](CCNC(=O)N(C)C[C@@H]1CCC[C@H]1O)c1ccccc1. The summed E-state index contributed by atoms with van der Waals surface area (Å²) in [6.07, 6.45) is 3.64. The van der Waals surface area contributed by atoms with Gasteiger partial charge in [0.1, 0.15) is 0 Å². The predicted octanol–water partition coefficient (Wildman–Crippen LogP) is 2.98. The van der Waals surface area contributed by atoms with Crippen molar-refractivity contribution in [1.82, 2.24) is 10.2 Å². The first kappa shape index (κ1) is 16.8. The first-order valence-electron chi connectivity index (χ1n) is 8.30. The van der Waals surface area contributed by atoms with Crippen LogP contribution in [0, 0.1) is 5.92 Å². The summed E-state index contributed by atoms with van der Waals surface area (Å²) in [7, 11) is 1.81. The van der Waals surface area contributed by atoms with Crippen molar-refractivity contribution >= 4 is 6.03 Å². The first-order chi connectivity index (χ1) is 10.6. The van der Waals surface area contributed by atoms with Crippen LogP contribution >= 0.6 is 0 Å². The van der Waals surface area contributed by atoms with Gasteiger partial charge in [-0.15, -0.1) is 0 Å². The second kappa shape index (κ2) is 8.18. The molecule has 0 aliphatic heterocycles. The molecule has 1 aromatic rings. The molecule has 22 heavy (non-hydrogen) atoms. The monoisotopic (exact) mass is 304 g/mol. The second-order valence-electron chi connectivity index (χ2n) is 6.47. The van der Waals surface area contributed by atoms with Gasteiger partial charge in [0, 0.05) is 26.1 Å². The normalized spacial score (nSPS) is 22.3. The van der Waals surface area contributed by atoms with Crippen LogP contribution < -0.4 is 5.32 Å². The Hall–Kier alpha value is -1.55. The van der Waals surface area contributed by atoms with Gasteiger partial charge < -0.3 is 15.3 Å². The molecule has 0 unspecified atom stereocenters. The fourth-order valence-electron chi connectivity index (χ4n) is 3.14. The first-order valence-corrected chi connectivity index (χ1v) is 8.30. The van der Waals surface area contributed by atoms with Crippen LogP contribution in [-0.4, -0.2) is 42.3 Å². The van der Waals surface area contributed by atoms with Crippen LogP contribution in [0.25, 0.3) is 0 Å². The quantitative estimate of drug-likeness (QED) is 0.849. The van der Waals surface area contributed by atoms with Gasteiger partial charge in [-0.25, -0.2) is 4.79 Å². The fraction of sp³-hybridized carbons (Fsp3) is 0.611. The van der Waals surface area contributed by atoms with Crippen LogP contribution in [0.2, 0.25) is 0 Å². The average molecular weight is 304 g/mol. The van der Waals surface area contributed by atoms with Crippen molar-refractivity contribution in [2.45, 2.75) is 44.6 Å². The number of hydrogen-bond donors (Lipinski definition) is 2. The highest BCUT2D eigenvalue weighted by molar-refractivity contribution is 5.73. The molecule has 2 amide bonds. The van der Waals surface area contributed by atoms with E-state index in [1.165, 1.54) is 5.56 Å². The number of benzene rings is 1. The molecule has 2 rings (SSSR count). The lowest BCUT2D eigenvalue weighted by Gasteiger charge is -2.24. The summed E-state index contributed by atoms with van der Waals surface area (Å²) in [5.74, 6) is 0.669. The van der Waals surface area contributed by atoms with E-state index in [1.807, 2.05) is 18.2 Å². The fourth-order valence-corrected chi connectivity index (χ4v) is 3.14. The van der Waals surface area contributed by atoms with Gasteiger partial charge in [0.15, 0.2) is 0 Å². The number of rotatable bonds is 6. The number of carbonyl (C=O) groups is 1. The number of hydrogen-bond acceptors (Lipinski definition) is 2. The smallest absolute Gasteiger partial charge is 0.317 e. The molecule has 4 nitrogen and oxygen atoms in total. The van der Waals surface area contributed by atoms with Crippen molar-refractivity contribution in [1.29, 1.82) is 0 Å². The number of carbonyl (C=O) groups excluding carboxylic acids is 1. The zero-order chi connectivity index (χ0) is 15.9. The largest absolute Gasteiger partial charge is 0.393 e. The molecule has 0 bridgehead atoms. The summed E-state index contributed by atoms with van der Waals surface area (Å²) in [4.78, 5) is 13.8. The Morgan fingerprint density at radius 1 is 1.36 bits per heavy atom. The summed E-state index contributed by atoms with van der Waals surface area (Å²) in [5.41, 5.74) is 1.30. The number of nitrogens with one attached hydrogen (secondary N) is 1. The van der Waals surface area contributed by atoms with Crippen LogP contribution in [0.15, 0.2) is 30.3 Å². The zero-order valence-corrected chi connectivity index (χ0v) is 13.7. The van der Waals surface area contributed by atoms with Gasteiger partial charge >= 0.3 is 6.03 Å². The molecule has 2 N–H and O–H groups in total. The third-order valence-electron chi connectivity index (χ3n) is 4.70. The van der Waals surface area contributed by atoms with Gasteiger partial charge in [-0.1, -0.05) is 43.7 Å². The lowest BCUT2D eigenvalue weighted by atomic mass is 9.98. The summed E-state index contributed by atoms with van der Waals surface area (Å²) in [6, 6.07) is 10.3. The number of aliphatic hydroxyl groups excluding tert-OH is 1. The molecule has 4 heteroatoms. The third-order valence-corrected chi connectivity index (χ3v) is 4.70. The predicted molar refractivity (Wildman–Crippen MR) is 88.9 cm³/mol. The summed E-state index contributed by atoms with van der Waals surface area (Å²) < 4.78 is 0. The number of nitrogens with zero attached hydrogens (tertiary/aromatic N) is 1. The molecule has 3 atom stereocenters. The van der Waals surface area contributed by atoms with E-state index in [1.54, 1.807) is 11.9 Å². The Bertz CT molecular complexity index is 463. The molecule has 0 spiro atoms. The molecule has 0 aromatic heterocycles. The minimum absolute atomic E-state index is 0.0423. The van der Waals surface area contributed by atoms with E-state index in [9.17, 15) is 9.90 Å². The van der Waals surface area contributed by atoms with Crippen LogP contribution in [-0.2, 0) is 0 Å². The number of aliphatic hydroxyl groups is 1. The minimum Gasteiger partial charge on any atom is -0.393 e. The Labute approximate surface area is 133 Å². The number of urea groups is 1. The van der Waals surface area contributed by atoms with Gasteiger partial charge in [0.05, 0.1) is 6.10 Å². The van der Waals surface area contributed by atoms with Crippen molar-refractivity contribution in [2.24, 2.45) is 5.92 Å². The molecular weight excluding hydrogens is 276 g/mol. The Morgan fingerprint density at radius 3 is 2.73 bits per heavy atom. The van der Waals surface area contributed by atoms with Crippen molar-refractivity contribution < 1.29 is 9.90 Å². The third kappa shape index (κ3) is 4.73. The molecule has 0 radical (unpaired) electrons. The van der Waals surface area contributed by atoms with E-state index in [-0.39, 0.29) is 18.1 Å². The summed E-state index contributed by atoms with van der Waals surface area (Å²) in [6.45, 7) is 3.49. The molecule has 1 saturated carbocycles. The topological polar surface area (TPSA) is 52.6 Å². The maximum absolute atomic E-state index is 12.1. The van der Waals surface area contributed by atoms with Crippen molar-refractivity contribution in [3.8, 4) is 0 Å². The van der Waals surface area contributed by atoms with Crippen molar-refractivity contribution in [3.05, 3.63) is 35.9 Å². The standard InChI is InChI=1S/C18H28N2O2/c1-14(15-7-4-3-5-8-15)11-12-19-18(22)20(2)13-16-9-6-10-17(16)21/h3-5,7-8,14,16-17,21H,6,9-13H2,1-2H3,(H,19,22)/t14-,16+,17-/m1/s1. The van der Waals surface area contributed by atoms with Crippen molar-refractivity contribution in [2.75, 3.05) is 20.1 Å². The molecule has 122 valence electrons. The average Bonchev–Trinajstić information content (AvgIpc) is 2.93. The maximum Gasteiger partial charge on any atom is 0.317 e. The Morgan fingerprint density at radius 2 is 2.09 bits per heavy atom. The molecule has 1 aliphatic carbocycles. The van der Waals surface area contributed by atoms with E-state index in [0.717, 1.165) is 25.7 Å². The summed E-state index contributed by atoms with van der Waals surface area (Å²) >= 11 is 0. The zero-order valence-electron chi connectivity index (χ0n) is 13.7. The Kier molecular flexibility index (Phi) is 6.25. The van der Waals surface area contributed by atoms with Crippen LogP contribution in [0.5, 0.6) is 0 Å². The molecule has 1 aromatic carbocycles. The lowest BCUT2D eigenvalue weighted by Crippen LogP contribution is -2.41. The van der Waals surface area contributed by atoms with E-state index in [2.05, 4.69) is 24.4 Å². The van der Waals surface area contributed by atoms with Crippen LogP contribution in [0.1, 0.15) is 44.1 Å². The number of amides is 2. The van der Waals surface area contributed by atoms with Gasteiger partial charge in [-0.2, -0.15) is 0 Å². The highest BCUT2D eigenvalue weighted by Crippen LogP contribution is 2.26. The van der Waals surface area contributed by atoms with Crippen molar-refractivity contribution in [3.63, 3.8) is 0 Å². The highest BCUT2D eigenvalue weighted by Gasteiger charge is 2.27. The van der Waals surface area contributed by atoms with Crippen LogP contribution in [0.3, 0.4) is 0 Å². The Balaban J connectivity index is 1.68. The molecule has 0 saturated heterocycles. The highest BCUT2D eigenvalue weighted by atomic mass is 16.3. The van der Waals surface area contributed by atoms with Gasteiger partial charge in [-0.3, -0.25) is 0 Å².